The zero-order valence-electron chi connectivity index (χ0n) is 12.4. The molecular formula is C14H23N3O4. The number of likely N-dealkylation sites (N-methyl/N-ethyl adjacent to an activating group) is 1. The Kier molecular flexibility index (Phi) is 5.03. The van der Waals surface area contributed by atoms with Gasteiger partial charge < -0.3 is 20.2 Å². The monoisotopic (exact) mass is 297 g/mol. The molecule has 0 aromatic heterocycles. The molecule has 2 heterocycles. The Balaban J connectivity index is 1.98. The molecule has 2 atom stereocenters. The molecule has 0 saturated carbocycles. The summed E-state index contributed by atoms with van der Waals surface area (Å²) < 4.78 is 0. The minimum Gasteiger partial charge on any atom is -0.481 e. The number of carbonyl (C=O) groups is 3. The second kappa shape index (κ2) is 6.78. The van der Waals surface area contributed by atoms with Crippen LogP contribution in [0.3, 0.4) is 0 Å². The number of urea groups is 1. The minimum atomic E-state index is -0.824. The lowest BCUT2D eigenvalue weighted by Gasteiger charge is -2.37. The smallest absolute Gasteiger partial charge is 0.320 e. The summed E-state index contributed by atoms with van der Waals surface area (Å²) in [6.07, 6.45) is 3.37. The van der Waals surface area contributed by atoms with Crippen molar-refractivity contribution in [2.75, 3.05) is 26.7 Å². The molecule has 7 heteroatoms. The normalized spacial score (nSPS) is 25.8. The Morgan fingerprint density at radius 3 is 2.62 bits per heavy atom. The maximum absolute atomic E-state index is 12.6. The van der Waals surface area contributed by atoms with Gasteiger partial charge >= 0.3 is 12.0 Å². The second-order valence-electron chi connectivity index (χ2n) is 5.80. The fourth-order valence-electron chi connectivity index (χ4n) is 3.20. The van der Waals surface area contributed by atoms with E-state index in [1.807, 2.05) is 0 Å². The quantitative estimate of drug-likeness (QED) is 0.794. The van der Waals surface area contributed by atoms with E-state index in [1.54, 1.807) is 16.8 Å². The molecule has 2 aliphatic rings. The molecule has 2 unspecified atom stereocenters. The standard InChI is InChI=1S/C14H23N3O4/c1-15-13(20)11-4-2-3-6-17(11)14(21)16-7-5-10(9-16)8-12(18)19/h10-11H,2-9H2,1H3,(H,15,20)(H,18,19). The van der Waals surface area contributed by atoms with Gasteiger partial charge in [0.05, 0.1) is 0 Å². The lowest BCUT2D eigenvalue weighted by molar-refractivity contribution is -0.138. The highest BCUT2D eigenvalue weighted by molar-refractivity contribution is 5.87. The summed E-state index contributed by atoms with van der Waals surface area (Å²) in [5.41, 5.74) is 0. The van der Waals surface area contributed by atoms with Gasteiger partial charge in [0, 0.05) is 33.1 Å². The van der Waals surface area contributed by atoms with Gasteiger partial charge in [0.25, 0.3) is 0 Å². The van der Waals surface area contributed by atoms with Crippen molar-refractivity contribution in [2.24, 2.45) is 5.92 Å². The fraction of sp³-hybridized carbons (Fsp3) is 0.786. The molecular weight excluding hydrogens is 274 g/mol. The van der Waals surface area contributed by atoms with E-state index >= 15 is 0 Å². The van der Waals surface area contributed by atoms with E-state index < -0.39 is 12.0 Å². The number of likely N-dealkylation sites (tertiary alicyclic amines) is 2. The first kappa shape index (κ1) is 15.6. The molecule has 0 spiro atoms. The van der Waals surface area contributed by atoms with Crippen LogP contribution in [0, 0.1) is 5.92 Å². The average Bonchev–Trinajstić information content (AvgIpc) is 2.93. The first-order chi connectivity index (χ1) is 10.0. The number of carbonyl (C=O) groups excluding carboxylic acids is 2. The van der Waals surface area contributed by atoms with Gasteiger partial charge in [-0.3, -0.25) is 9.59 Å². The number of amides is 3. The lowest BCUT2D eigenvalue weighted by Crippen LogP contribution is -2.54. The third-order valence-corrected chi connectivity index (χ3v) is 4.32. The Hall–Kier alpha value is -1.79. The first-order valence-electron chi connectivity index (χ1n) is 7.52. The largest absolute Gasteiger partial charge is 0.481 e. The summed E-state index contributed by atoms with van der Waals surface area (Å²) >= 11 is 0. The van der Waals surface area contributed by atoms with Crippen LogP contribution < -0.4 is 5.32 Å². The van der Waals surface area contributed by atoms with Crippen molar-refractivity contribution in [3.63, 3.8) is 0 Å². The van der Waals surface area contributed by atoms with Crippen LogP contribution in [0.25, 0.3) is 0 Å². The van der Waals surface area contributed by atoms with Gasteiger partial charge in [-0.05, 0) is 31.6 Å². The molecule has 2 aliphatic heterocycles. The fourth-order valence-corrected chi connectivity index (χ4v) is 3.20. The van der Waals surface area contributed by atoms with E-state index in [2.05, 4.69) is 5.32 Å². The SMILES string of the molecule is CNC(=O)C1CCCCN1C(=O)N1CCC(CC(=O)O)C1. The van der Waals surface area contributed by atoms with Crippen LogP contribution in [0.1, 0.15) is 32.1 Å². The number of nitrogens with one attached hydrogen (secondary N) is 1. The molecule has 2 saturated heterocycles. The van der Waals surface area contributed by atoms with E-state index in [0.29, 0.717) is 26.1 Å². The number of aliphatic carboxylic acids is 1. The minimum absolute atomic E-state index is 0.0229. The number of piperidine rings is 1. The van der Waals surface area contributed by atoms with Crippen LogP contribution in [-0.2, 0) is 9.59 Å². The van der Waals surface area contributed by atoms with Gasteiger partial charge in [-0.15, -0.1) is 0 Å². The van der Waals surface area contributed by atoms with Gasteiger partial charge in [-0.2, -0.15) is 0 Å². The van der Waals surface area contributed by atoms with E-state index in [-0.39, 0.29) is 24.3 Å². The van der Waals surface area contributed by atoms with Crippen molar-refractivity contribution in [2.45, 2.75) is 38.1 Å². The van der Waals surface area contributed by atoms with Crippen molar-refractivity contribution in [3.05, 3.63) is 0 Å². The molecule has 0 bridgehead atoms. The number of carboxylic acids is 1. The van der Waals surface area contributed by atoms with Crippen LogP contribution >= 0.6 is 0 Å². The number of nitrogens with zero attached hydrogens (tertiary/aromatic N) is 2. The molecule has 0 radical (unpaired) electrons. The predicted octanol–water partition coefficient (Wildman–Crippen LogP) is 0.504. The van der Waals surface area contributed by atoms with Crippen LogP contribution in [0.15, 0.2) is 0 Å². The first-order valence-corrected chi connectivity index (χ1v) is 7.52. The second-order valence-corrected chi connectivity index (χ2v) is 5.80. The van der Waals surface area contributed by atoms with Crippen LogP contribution in [0.2, 0.25) is 0 Å². The zero-order chi connectivity index (χ0) is 15.4. The molecule has 2 N–H and O–H groups in total. The van der Waals surface area contributed by atoms with E-state index in [4.69, 9.17) is 5.11 Å². The van der Waals surface area contributed by atoms with Gasteiger partial charge in [-0.1, -0.05) is 0 Å². The van der Waals surface area contributed by atoms with Crippen molar-refractivity contribution in [1.29, 1.82) is 0 Å². The molecule has 118 valence electrons. The lowest BCUT2D eigenvalue weighted by atomic mass is 10.0. The molecule has 0 aromatic carbocycles. The zero-order valence-corrected chi connectivity index (χ0v) is 12.4. The Morgan fingerprint density at radius 1 is 1.19 bits per heavy atom. The number of hydrogen-bond donors (Lipinski definition) is 2. The number of rotatable bonds is 3. The Bertz CT molecular complexity index is 426. The van der Waals surface area contributed by atoms with E-state index in [0.717, 1.165) is 19.3 Å². The molecule has 3 amide bonds. The molecule has 7 nitrogen and oxygen atoms in total. The molecule has 2 fully saturated rings. The molecule has 2 rings (SSSR count). The van der Waals surface area contributed by atoms with Crippen molar-refractivity contribution in [3.8, 4) is 0 Å². The van der Waals surface area contributed by atoms with Crippen molar-refractivity contribution in [1.82, 2.24) is 15.1 Å². The summed E-state index contributed by atoms with van der Waals surface area (Å²) in [5.74, 6) is -0.922. The summed E-state index contributed by atoms with van der Waals surface area (Å²) in [6, 6.07) is -0.522. The Morgan fingerprint density at radius 2 is 1.95 bits per heavy atom. The third-order valence-electron chi connectivity index (χ3n) is 4.32. The highest BCUT2D eigenvalue weighted by Gasteiger charge is 2.36. The van der Waals surface area contributed by atoms with E-state index in [9.17, 15) is 14.4 Å². The molecule has 21 heavy (non-hydrogen) atoms. The average molecular weight is 297 g/mol. The summed E-state index contributed by atoms with van der Waals surface area (Å²) in [5, 5.41) is 11.4. The van der Waals surface area contributed by atoms with Crippen LogP contribution in [-0.4, -0.2) is 65.5 Å². The van der Waals surface area contributed by atoms with Crippen molar-refractivity contribution < 1.29 is 19.5 Å². The number of carboxylic acid groups (broad SMARTS) is 1. The third kappa shape index (κ3) is 3.65. The topological polar surface area (TPSA) is 90.0 Å². The number of hydrogen-bond acceptors (Lipinski definition) is 3. The van der Waals surface area contributed by atoms with Gasteiger partial charge in [-0.25, -0.2) is 4.79 Å². The predicted molar refractivity (Wildman–Crippen MR) is 75.7 cm³/mol. The maximum Gasteiger partial charge on any atom is 0.320 e. The Labute approximate surface area is 124 Å². The van der Waals surface area contributed by atoms with E-state index in [1.165, 1.54) is 0 Å². The highest BCUT2D eigenvalue weighted by atomic mass is 16.4. The maximum atomic E-state index is 12.6. The molecule has 0 aromatic rings. The van der Waals surface area contributed by atoms with Gasteiger partial charge in [0.15, 0.2) is 0 Å². The van der Waals surface area contributed by atoms with Crippen LogP contribution in [0.4, 0.5) is 4.79 Å². The summed E-state index contributed by atoms with van der Waals surface area (Å²) in [6.45, 7) is 1.65. The molecule has 0 aliphatic carbocycles. The van der Waals surface area contributed by atoms with Crippen LogP contribution in [0.5, 0.6) is 0 Å². The van der Waals surface area contributed by atoms with Crippen molar-refractivity contribution >= 4 is 17.9 Å². The van der Waals surface area contributed by atoms with Gasteiger partial charge in [0.2, 0.25) is 5.91 Å². The summed E-state index contributed by atoms with van der Waals surface area (Å²) in [7, 11) is 1.58. The van der Waals surface area contributed by atoms with Gasteiger partial charge in [0.1, 0.15) is 6.04 Å². The summed E-state index contributed by atoms with van der Waals surface area (Å²) in [4.78, 5) is 38.6. The highest BCUT2D eigenvalue weighted by Crippen LogP contribution is 2.24.